The van der Waals surface area contributed by atoms with Gasteiger partial charge in [0, 0.05) is 49.2 Å². The summed E-state index contributed by atoms with van der Waals surface area (Å²) in [5, 5.41) is 3.33. The van der Waals surface area contributed by atoms with Gasteiger partial charge >= 0.3 is 0 Å². The van der Waals surface area contributed by atoms with Crippen LogP contribution in [0.3, 0.4) is 0 Å². The van der Waals surface area contributed by atoms with E-state index in [-0.39, 0.29) is 12.5 Å². The Balaban J connectivity index is 1.41. The van der Waals surface area contributed by atoms with Crippen molar-refractivity contribution in [3.8, 4) is 22.8 Å². The van der Waals surface area contributed by atoms with Gasteiger partial charge in [-0.3, -0.25) is 9.69 Å². The van der Waals surface area contributed by atoms with E-state index in [1.54, 1.807) is 6.20 Å². The van der Waals surface area contributed by atoms with Gasteiger partial charge in [-0.25, -0.2) is 9.97 Å². The van der Waals surface area contributed by atoms with Gasteiger partial charge in [0.2, 0.25) is 5.95 Å². The third-order valence-electron chi connectivity index (χ3n) is 6.49. The van der Waals surface area contributed by atoms with Crippen LogP contribution in [-0.2, 0) is 11.3 Å². The third-order valence-corrected chi connectivity index (χ3v) is 6.49. The molecule has 0 atom stereocenters. The van der Waals surface area contributed by atoms with Crippen molar-refractivity contribution in [1.82, 2.24) is 19.8 Å². The van der Waals surface area contributed by atoms with Crippen molar-refractivity contribution < 1.29 is 14.3 Å². The van der Waals surface area contributed by atoms with Gasteiger partial charge in [-0.15, -0.1) is 0 Å². The number of nitrogens with zero attached hydrogens (tertiary/aromatic N) is 4. The molecule has 2 aliphatic rings. The largest absolute Gasteiger partial charge is 0.493 e. The van der Waals surface area contributed by atoms with Crippen LogP contribution in [0.4, 0.5) is 11.6 Å². The fraction of sp³-hybridized carbons (Fsp3) is 0.345. The molecule has 0 aliphatic carbocycles. The number of aromatic nitrogens is 2. The number of hydrogen-bond donors (Lipinski definition) is 1. The zero-order valence-electron chi connectivity index (χ0n) is 21.2. The van der Waals surface area contributed by atoms with E-state index in [0.29, 0.717) is 24.8 Å². The number of likely N-dealkylation sites (tertiary alicyclic amines) is 1. The molecule has 1 saturated heterocycles. The molecule has 5 rings (SSSR count). The standard InChI is InChI=1S/C29H33N5O3/c1-33-14-3-2-6-17-36-25-9-7-8-22(19-25)26-12-13-30-29(32-26)31-24-10-11-27(23(18-24)20-33)37-21-28(35)34-15-4-5-16-34/h2-3,7-13,18-19H,4-6,14-17,20-21H2,1H3,(H,30,31,32)/b3-2+. The first-order valence-corrected chi connectivity index (χ1v) is 12.8. The highest BCUT2D eigenvalue weighted by molar-refractivity contribution is 5.78. The Kier molecular flexibility index (Phi) is 7.96. The summed E-state index contributed by atoms with van der Waals surface area (Å²) in [6.07, 6.45) is 9.00. The molecule has 0 radical (unpaired) electrons. The number of hydrogen-bond acceptors (Lipinski definition) is 7. The highest BCUT2D eigenvalue weighted by Crippen LogP contribution is 2.27. The fourth-order valence-corrected chi connectivity index (χ4v) is 4.55. The second-order valence-corrected chi connectivity index (χ2v) is 9.42. The Labute approximate surface area is 217 Å². The van der Waals surface area contributed by atoms with Crippen molar-refractivity contribution in [2.75, 3.05) is 45.2 Å². The van der Waals surface area contributed by atoms with Gasteiger partial charge in [-0.05, 0) is 62.7 Å². The summed E-state index contributed by atoms with van der Waals surface area (Å²) in [6.45, 7) is 3.74. The molecule has 6 bridgehead atoms. The maximum absolute atomic E-state index is 12.6. The minimum Gasteiger partial charge on any atom is -0.493 e. The number of anilines is 2. The molecule has 2 aliphatic heterocycles. The number of fused-ring (bicyclic) bond motifs is 7. The van der Waals surface area contributed by atoms with Gasteiger partial charge in [-0.2, -0.15) is 0 Å². The first-order valence-electron chi connectivity index (χ1n) is 12.8. The van der Waals surface area contributed by atoms with Gasteiger partial charge in [0.1, 0.15) is 11.5 Å². The van der Waals surface area contributed by atoms with Gasteiger partial charge in [-0.1, -0.05) is 24.3 Å². The van der Waals surface area contributed by atoms with Crippen molar-refractivity contribution in [3.05, 3.63) is 72.4 Å². The number of benzene rings is 2. The van der Waals surface area contributed by atoms with Gasteiger partial charge in [0.25, 0.3) is 5.91 Å². The zero-order valence-corrected chi connectivity index (χ0v) is 21.2. The maximum Gasteiger partial charge on any atom is 0.260 e. The van der Waals surface area contributed by atoms with Crippen LogP contribution in [0.15, 0.2) is 66.9 Å². The van der Waals surface area contributed by atoms with Crippen LogP contribution in [0.1, 0.15) is 24.8 Å². The molecule has 3 aromatic rings. The van der Waals surface area contributed by atoms with E-state index in [1.807, 2.05) is 53.4 Å². The average molecular weight is 500 g/mol. The molecule has 8 nitrogen and oxygen atoms in total. The summed E-state index contributed by atoms with van der Waals surface area (Å²) in [5.74, 6) is 2.08. The number of rotatable bonds is 3. The number of likely N-dealkylation sites (N-methyl/N-ethyl adjacent to an activating group) is 1. The van der Waals surface area contributed by atoms with E-state index >= 15 is 0 Å². The van der Waals surface area contributed by atoms with E-state index < -0.39 is 0 Å². The summed E-state index contributed by atoms with van der Waals surface area (Å²) in [7, 11) is 2.07. The second kappa shape index (κ2) is 11.9. The average Bonchev–Trinajstić information content (AvgIpc) is 3.45. The van der Waals surface area contributed by atoms with Crippen LogP contribution in [0.2, 0.25) is 0 Å². The van der Waals surface area contributed by atoms with E-state index in [1.165, 1.54) is 0 Å². The van der Waals surface area contributed by atoms with Crippen LogP contribution < -0.4 is 14.8 Å². The molecule has 0 unspecified atom stereocenters. The van der Waals surface area contributed by atoms with E-state index in [9.17, 15) is 4.79 Å². The van der Waals surface area contributed by atoms with Crippen LogP contribution in [0.5, 0.6) is 11.5 Å². The van der Waals surface area contributed by atoms with Crippen molar-refractivity contribution in [1.29, 1.82) is 0 Å². The molecule has 1 aromatic heterocycles. The fourth-order valence-electron chi connectivity index (χ4n) is 4.55. The second-order valence-electron chi connectivity index (χ2n) is 9.42. The SMILES string of the molecule is CN1C/C=C/CCOc2cccc(c2)-c2ccnc(n2)Nc2ccc(OCC(=O)N3CCCC3)c(c2)C1. The Morgan fingerprint density at radius 3 is 2.89 bits per heavy atom. The number of nitrogens with one attached hydrogen (secondary N) is 1. The zero-order chi connectivity index (χ0) is 25.5. The van der Waals surface area contributed by atoms with Crippen molar-refractivity contribution in [2.24, 2.45) is 0 Å². The Bertz CT molecular complexity index is 1260. The van der Waals surface area contributed by atoms with Crippen LogP contribution in [-0.4, -0.2) is 65.6 Å². The summed E-state index contributed by atoms with van der Waals surface area (Å²) in [6, 6.07) is 15.7. The minimum absolute atomic E-state index is 0.0416. The predicted molar refractivity (Wildman–Crippen MR) is 144 cm³/mol. The number of carbonyl (C=O) groups is 1. The molecule has 0 spiro atoms. The summed E-state index contributed by atoms with van der Waals surface area (Å²) in [4.78, 5) is 25.8. The van der Waals surface area contributed by atoms with Gasteiger partial charge in [0.05, 0.1) is 12.3 Å². The quantitative estimate of drug-likeness (QED) is 0.525. The Morgan fingerprint density at radius 1 is 1.11 bits per heavy atom. The Hall–Kier alpha value is -3.91. The molecular weight excluding hydrogens is 466 g/mol. The van der Waals surface area contributed by atoms with Crippen LogP contribution in [0.25, 0.3) is 11.3 Å². The molecule has 1 fully saturated rings. The molecular formula is C29H33N5O3. The Morgan fingerprint density at radius 2 is 2.00 bits per heavy atom. The predicted octanol–water partition coefficient (Wildman–Crippen LogP) is 4.66. The lowest BCUT2D eigenvalue weighted by molar-refractivity contribution is -0.132. The highest BCUT2D eigenvalue weighted by atomic mass is 16.5. The topological polar surface area (TPSA) is 79.8 Å². The molecule has 1 amide bonds. The van der Waals surface area contributed by atoms with E-state index in [2.05, 4.69) is 34.4 Å². The molecule has 37 heavy (non-hydrogen) atoms. The molecule has 1 N–H and O–H groups in total. The molecule has 2 aromatic carbocycles. The molecule has 0 saturated carbocycles. The summed E-state index contributed by atoms with van der Waals surface area (Å²) >= 11 is 0. The monoisotopic (exact) mass is 499 g/mol. The summed E-state index contributed by atoms with van der Waals surface area (Å²) in [5.41, 5.74) is 3.62. The maximum atomic E-state index is 12.6. The molecule has 3 heterocycles. The minimum atomic E-state index is 0.0416. The lowest BCUT2D eigenvalue weighted by Gasteiger charge is -2.20. The van der Waals surface area contributed by atoms with Crippen LogP contribution >= 0.6 is 0 Å². The van der Waals surface area contributed by atoms with E-state index in [4.69, 9.17) is 14.5 Å². The molecule has 8 heteroatoms. The normalized spacial score (nSPS) is 17.2. The smallest absolute Gasteiger partial charge is 0.260 e. The van der Waals surface area contributed by atoms with E-state index in [0.717, 1.165) is 67.2 Å². The lowest BCUT2D eigenvalue weighted by Crippen LogP contribution is -2.32. The first kappa shape index (κ1) is 24.8. The molecule has 192 valence electrons. The van der Waals surface area contributed by atoms with Crippen molar-refractivity contribution in [2.45, 2.75) is 25.8 Å². The number of ether oxygens (including phenoxy) is 2. The van der Waals surface area contributed by atoms with Crippen molar-refractivity contribution in [3.63, 3.8) is 0 Å². The van der Waals surface area contributed by atoms with Crippen molar-refractivity contribution >= 4 is 17.5 Å². The van der Waals surface area contributed by atoms with Gasteiger partial charge in [0.15, 0.2) is 6.61 Å². The lowest BCUT2D eigenvalue weighted by atomic mass is 10.1. The first-order chi connectivity index (χ1) is 18.1. The number of carbonyl (C=O) groups excluding carboxylic acids is 1. The summed E-state index contributed by atoms with van der Waals surface area (Å²) < 4.78 is 12.0. The third kappa shape index (κ3) is 6.65. The van der Waals surface area contributed by atoms with Crippen LogP contribution in [0, 0.1) is 0 Å². The highest BCUT2D eigenvalue weighted by Gasteiger charge is 2.19. The number of amides is 1. The van der Waals surface area contributed by atoms with Gasteiger partial charge < -0.3 is 19.7 Å².